The molecule has 2 aromatic carbocycles. The number of benzene rings is 2. The molecule has 21 heavy (non-hydrogen) atoms. The third-order valence-electron chi connectivity index (χ3n) is 2.81. The Hall–Kier alpha value is -1.92. The van der Waals surface area contributed by atoms with Gasteiger partial charge in [-0.3, -0.25) is 0 Å². The molecule has 0 aliphatic rings. The quantitative estimate of drug-likeness (QED) is 0.834. The first kappa shape index (κ1) is 15.5. The lowest BCUT2D eigenvalue weighted by molar-refractivity contribution is 0.323. The van der Waals surface area contributed by atoms with E-state index in [-0.39, 0.29) is 18.0 Å². The molecule has 0 atom stereocenters. The van der Waals surface area contributed by atoms with Crippen LogP contribution in [0.5, 0.6) is 5.75 Å². The first-order valence-corrected chi connectivity index (χ1v) is 7.90. The van der Waals surface area contributed by atoms with Gasteiger partial charge in [0.1, 0.15) is 18.2 Å². The molecule has 0 spiro atoms. The molecule has 0 unspecified atom stereocenters. The van der Waals surface area contributed by atoms with Crippen LogP contribution in [-0.2, 0) is 10.0 Å². The van der Waals surface area contributed by atoms with E-state index in [2.05, 4.69) is 4.72 Å². The van der Waals surface area contributed by atoms with Gasteiger partial charge in [-0.2, -0.15) is 0 Å². The minimum atomic E-state index is -3.63. The summed E-state index contributed by atoms with van der Waals surface area (Å²) in [4.78, 5) is 0.0271. The van der Waals surface area contributed by atoms with Crippen molar-refractivity contribution in [2.45, 2.75) is 11.8 Å². The SMILES string of the molecule is Cc1ccc(OCCNS(=O)(=O)c2ccc(F)cc2)cc1. The molecule has 1 N–H and O–H groups in total. The van der Waals surface area contributed by atoms with Crippen molar-refractivity contribution in [1.82, 2.24) is 4.72 Å². The summed E-state index contributed by atoms with van der Waals surface area (Å²) in [7, 11) is -3.63. The first-order valence-electron chi connectivity index (χ1n) is 6.42. The smallest absolute Gasteiger partial charge is 0.240 e. The lowest BCUT2D eigenvalue weighted by atomic mass is 10.2. The minimum absolute atomic E-state index is 0.0271. The largest absolute Gasteiger partial charge is 0.492 e. The maximum absolute atomic E-state index is 12.8. The Kier molecular flexibility index (Phi) is 4.93. The summed E-state index contributed by atoms with van der Waals surface area (Å²) in [5.41, 5.74) is 1.12. The maximum atomic E-state index is 12.8. The van der Waals surface area contributed by atoms with E-state index in [1.165, 1.54) is 12.1 Å². The number of nitrogens with one attached hydrogen (secondary N) is 1. The fraction of sp³-hybridized carbons (Fsp3) is 0.200. The molecule has 0 radical (unpaired) electrons. The van der Waals surface area contributed by atoms with Crippen LogP contribution in [-0.4, -0.2) is 21.6 Å². The van der Waals surface area contributed by atoms with Crippen LogP contribution in [0.25, 0.3) is 0 Å². The summed E-state index contributed by atoms with van der Waals surface area (Å²) in [6.45, 7) is 2.32. The predicted molar refractivity (Wildman–Crippen MR) is 78.3 cm³/mol. The van der Waals surface area contributed by atoms with E-state index in [1.807, 2.05) is 31.2 Å². The van der Waals surface area contributed by atoms with Gasteiger partial charge in [-0.15, -0.1) is 0 Å². The lowest BCUT2D eigenvalue weighted by Gasteiger charge is -2.08. The average Bonchev–Trinajstić information content (AvgIpc) is 2.46. The topological polar surface area (TPSA) is 55.4 Å². The standard InChI is InChI=1S/C15H16FNO3S/c1-12-2-6-14(7-3-12)20-11-10-17-21(18,19)15-8-4-13(16)5-9-15/h2-9,17H,10-11H2,1H3. The molecule has 0 saturated heterocycles. The molecule has 2 rings (SSSR count). The molecule has 112 valence electrons. The Balaban J connectivity index is 1.85. The molecule has 0 aliphatic carbocycles. The van der Waals surface area contributed by atoms with E-state index in [1.54, 1.807) is 0 Å². The number of sulfonamides is 1. The second kappa shape index (κ2) is 6.69. The monoisotopic (exact) mass is 309 g/mol. The summed E-state index contributed by atoms with van der Waals surface area (Å²) >= 11 is 0. The Morgan fingerprint density at radius 2 is 1.67 bits per heavy atom. The highest BCUT2D eigenvalue weighted by Gasteiger charge is 2.12. The molecule has 2 aromatic rings. The van der Waals surface area contributed by atoms with Crippen molar-refractivity contribution in [3.8, 4) is 5.75 Å². The zero-order valence-electron chi connectivity index (χ0n) is 11.5. The van der Waals surface area contributed by atoms with Crippen LogP contribution in [0.2, 0.25) is 0 Å². The van der Waals surface area contributed by atoms with Crippen LogP contribution in [0.4, 0.5) is 4.39 Å². The molecular formula is C15H16FNO3S. The Morgan fingerprint density at radius 3 is 2.29 bits per heavy atom. The van der Waals surface area contributed by atoms with Gasteiger partial charge in [0.05, 0.1) is 4.90 Å². The van der Waals surface area contributed by atoms with Crippen molar-refractivity contribution in [2.24, 2.45) is 0 Å². The number of hydrogen-bond donors (Lipinski definition) is 1. The molecule has 6 heteroatoms. The molecule has 0 bridgehead atoms. The Bertz CT molecular complexity index is 682. The molecular weight excluding hydrogens is 293 g/mol. The van der Waals surface area contributed by atoms with Gasteiger partial charge < -0.3 is 4.74 Å². The zero-order chi connectivity index (χ0) is 15.3. The fourth-order valence-electron chi connectivity index (χ4n) is 1.68. The number of ether oxygens (including phenoxy) is 1. The van der Waals surface area contributed by atoms with E-state index in [9.17, 15) is 12.8 Å². The number of rotatable bonds is 6. The van der Waals surface area contributed by atoms with Gasteiger partial charge in [0.25, 0.3) is 0 Å². The van der Waals surface area contributed by atoms with Crippen LogP contribution >= 0.6 is 0 Å². The second-order valence-electron chi connectivity index (χ2n) is 4.51. The molecule has 0 fully saturated rings. The first-order chi connectivity index (χ1) is 9.97. The summed E-state index contributed by atoms with van der Waals surface area (Å²) in [5.74, 6) is 0.207. The highest BCUT2D eigenvalue weighted by molar-refractivity contribution is 7.89. The van der Waals surface area contributed by atoms with Gasteiger partial charge in [0, 0.05) is 6.54 Å². The summed E-state index contributed by atoms with van der Waals surface area (Å²) < 4.78 is 44.4. The third-order valence-corrected chi connectivity index (χ3v) is 4.28. The number of aryl methyl sites for hydroxylation is 1. The van der Waals surface area contributed by atoms with Gasteiger partial charge in [-0.25, -0.2) is 17.5 Å². The van der Waals surface area contributed by atoms with Crippen LogP contribution in [0, 0.1) is 12.7 Å². The number of hydrogen-bond acceptors (Lipinski definition) is 3. The van der Waals surface area contributed by atoms with E-state index >= 15 is 0 Å². The van der Waals surface area contributed by atoms with Gasteiger partial charge >= 0.3 is 0 Å². The molecule has 0 heterocycles. The van der Waals surface area contributed by atoms with E-state index in [0.29, 0.717) is 5.75 Å². The van der Waals surface area contributed by atoms with Crippen molar-refractivity contribution in [3.63, 3.8) is 0 Å². The zero-order valence-corrected chi connectivity index (χ0v) is 12.4. The average molecular weight is 309 g/mol. The van der Waals surface area contributed by atoms with Gasteiger partial charge in [0.15, 0.2) is 0 Å². The van der Waals surface area contributed by atoms with Gasteiger partial charge in [-0.05, 0) is 43.3 Å². The molecule has 0 aliphatic heterocycles. The van der Waals surface area contributed by atoms with Crippen molar-refractivity contribution in [3.05, 3.63) is 59.9 Å². The van der Waals surface area contributed by atoms with E-state index < -0.39 is 15.8 Å². The van der Waals surface area contributed by atoms with E-state index in [0.717, 1.165) is 17.7 Å². The summed E-state index contributed by atoms with van der Waals surface area (Å²) in [5, 5.41) is 0. The van der Waals surface area contributed by atoms with E-state index in [4.69, 9.17) is 4.74 Å². The Labute approximate surface area is 123 Å². The summed E-state index contributed by atoms with van der Waals surface area (Å²) in [6.07, 6.45) is 0. The van der Waals surface area contributed by atoms with Gasteiger partial charge in [-0.1, -0.05) is 17.7 Å². The van der Waals surface area contributed by atoms with Crippen molar-refractivity contribution in [1.29, 1.82) is 0 Å². The third kappa shape index (κ3) is 4.54. The minimum Gasteiger partial charge on any atom is -0.492 e. The molecule has 0 saturated carbocycles. The van der Waals surface area contributed by atoms with Crippen LogP contribution in [0.3, 0.4) is 0 Å². The number of halogens is 1. The van der Waals surface area contributed by atoms with Crippen molar-refractivity contribution < 1.29 is 17.5 Å². The maximum Gasteiger partial charge on any atom is 0.240 e. The predicted octanol–water partition coefficient (Wildman–Crippen LogP) is 2.49. The van der Waals surface area contributed by atoms with Crippen molar-refractivity contribution >= 4 is 10.0 Å². The highest BCUT2D eigenvalue weighted by Crippen LogP contribution is 2.11. The normalized spacial score (nSPS) is 11.3. The molecule has 0 aromatic heterocycles. The van der Waals surface area contributed by atoms with Crippen LogP contribution < -0.4 is 9.46 Å². The second-order valence-corrected chi connectivity index (χ2v) is 6.28. The highest BCUT2D eigenvalue weighted by atomic mass is 32.2. The fourth-order valence-corrected chi connectivity index (χ4v) is 2.69. The molecule has 4 nitrogen and oxygen atoms in total. The molecule has 0 amide bonds. The van der Waals surface area contributed by atoms with Gasteiger partial charge in [0.2, 0.25) is 10.0 Å². The van der Waals surface area contributed by atoms with Crippen LogP contribution in [0.15, 0.2) is 53.4 Å². The lowest BCUT2D eigenvalue weighted by Crippen LogP contribution is -2.28. The van der Waals surface area contributed by atoms with Crippen LogP contribution in [0.1, 0.15) is 5.56 Å². The van der Waals surface area contributed by atoms with Crippen molar-refractivity contribution in [2.75, 3.05) is 13.2 Å². The summed E-state index contributed by atoms with van der Waals surface area (Å²) in [6, 6.07) is 12.1. The Morgan fingerprint density at radius 1 is 1.05 bits per heavy atom.